The number of urea groups is 1. The second-order valence-electron chi connectivity index (χ2n) is 7.31. The predicted molar refractivity (Wildman–Crippen MR) is 122 cm³/mol. The van der Waals surface area contributed by atoms with Gasteiger partial charge < -0.3 is 15.7 Å². The summed E-state index contributed by atoms with van der Waals surface area (Å²) in [6, 6.07) is 21.7. The summed E-state index contributed by atoms with van der Waals surface area (Å²) in [6.07, 6.45) is 1.51. The van der Waals surface area contributed by atoms with E-state index < -0.39 is 30.4 Å². The first kappa shape index (κ1) is 21.5. The predicted octanol–water partition coefficient (Wildman–Crippen LogP) is 3.58. The number of carboxylic acids is 1. The van der Waals surface area contributed by atoms with E-state index in [1.807, 2.05) is 12.1 Å². The first-order valence-corrected chi connectivity index (χ1v) is 10.0. The van der Waals surface area contributed by atoms with Crippen LogP contribution in [-0.4, -0.2) is 40.4 Å². The Bertz CT molecular complexity index is 1280. The molecular weight excluding hydrogens is 422 g/mol. The highest BCUT2D eigenvalue weighted by molar-refractivity contribution is 6.16. The molecule has 0 radical (unpaired) electrons. The van der Waals surface area contributed by atoms with Crippen LogP contribution >= 0.6 is 0 Å². The van der Waals surface area contributed by atoms with E-state index in [0.29, 0.717) is 16.8 Å². The summed E-state index contributed by atoms with van der Waals surface area (Å²) in [5.41, 5.74) is 2.86. The second kappa shape index (κ2) is 9.19. The number of para-hydroxylation sites is 1. The zero-order valence-electron chi connectivity index (χ0n) is 17.3. The average Bonchev–Trinajstić information content (AvgIpc) is 3.07. The minimum atomic E-state index is -1.02. The highest BCUT2D eigenvalue weighted by atomic mass is 16.4. The number of nitrogens with one attached hydrogen (secondary N) is 2. The van der Waals surface area contributed by atoms with Gasteiger partial charge >= 0.3 is 12.0 Å². The van der Waals surface area contributed by atoms with Gasteiger partial charge in [0.2, 0.25) is 5.91 Å². The van der Waals surface area contributed by atoms with Crippen molar-refractivity contribution in [2.45, 2.75) is 0 Å². The van der Waals surface area contributed by atoms with E-state index in [0.717, 1.165) is 10.5 Å². The van der Waals surface area contributed by atoms with E-state index in [1.54, 1.807) is 60.7 Å². The summed E-state index contributed by atoms with van der Waals surface area (Å²) in [4.78, 5) is 49.3. The van der Waals surface area contributed by atoms with Gasteiger partial charge in [0.1, 0.15) is 12.2 Å². The molecule has 3 aromatic carbocycles. The molecule has 1 heterocycles. The molecule has 4 amide bonds. The second-order valence-corrected chi connectivity index (χ2v) is 7.31. The van der Waals surface area contributed by atoms with Gasteiger partial charge in [-0.2, -0.15) is 0 Å². The minimum absolute atomic E-state index is 0.0453. The van der Waals surface area contributed by atoms with Crippen molar-refractivity contribution < 1.29 is 24.3 Å². The van der Waals surface area contributed by atoms with Crippen molar-refractivity contribution in [2.75, 3.05) is 11.9 Å². The molecule has 0 unspecified atom stereocenters. The highest BCUT2D eigenvalue weighted by Crippen LogP contribution is 2.23. The molecule has 1 aliphatic heterocycles. The lowest BCUT2D eigenvalue weighted by Gasteiger charge is -2.11. The molecule has 3 aromatic rings. The molecule has 0 spiro atoms. The van der Waals surface area contributed by atoms with Crippen LogP contribution in [0.2, 0.25) is 0 Å². The lowest BCUT2D eigenvalue weighted by molar-refractivity contribution is -0.127. The number of hydrogen-bond donors (Lipinski definition) is 3. The van der Waals surface area contributed by atoms with Crippen LogP contribution < -0.4 is 10.6 Å². The summed E-state index contributed by atoms with van der Waals surface area (Å²) in [5, 5.41) is 14.3. The molecule has 33 heavy (non-hydrogen) atoms. The average molecular weight is 441 g/mol. The van der Waals surface area contributed by atoms with Gasteiger partial charge in [0, 0.05) is 5.69 Å². The molecule has 0 aliphatic carbocycles. The van der Waals surface area contributed by atoms with Crippen molar-refractivity contribution >= 4 is 35.6 Å². The monoisotopic (exact) mass is 441 g/mol. The van der Waals surface area contributed by atoms with Crippen LogP contribution in [0.5, 0.6) is 0 Å². The summed E-state index contributed by atoms with van der Waals surface area (Å²) >= 11 is 0. The number of aromatic carboxylic acids is 1. The first-order chi connectivity index (χ1) is 15.9. The van der Waals surface area contributed by atoms with E-state index >= 15 is 0 Å². The molecule has 0 bridgehead atoms. The molecule has 8 nitrogen and oxygen atoms in total. The third-order valence-electron chi connectivity index (χ3n) is 4.96. The summed E-state index contributed by atoms with van der Waals surface area (Å²) in [6.45, 7) is -0.418. The quantitative estimate of drug-likeness (QED) is 0.399. The van der Waals surface area contributed by atoms with Crippen molar-refractivity contribution in [1.82, 2.24) is 10.2 Å². The van der Waals surface area contributed by atoms with Gasteiger partial charge in [-0.15, -0.1) is 0 Å². The van der Waals surface area contributed by atoms with Crippen LogP contribution in [0.3, 0.4) is 0 Å². The van der Waals surface area contributed by atoms with Crippen LogP contribution in [0.4, 0.5) is 10.5 Å². The number of benzene rings is 3. The van der Waals surface area contributed by atoms with E-state index in [-0.39, 0.29) is 11.3 Å². The summed E-state index contributed by atoms with van der Waals surface area (Å²) < 4.78 is 0. The molecule has 1 saturated heterocycles. The number of anilines is 1. The van der Waals surface area contributed by atoms with Crippen LogP contribution in [0.25, 0.3) is 17.2 Å². The van der Waals surface area contributed by atoms with Crippen molar-refractivity contribution in [3.8, 4) is 11.1 Å². The Morgan fingerprint density at radius 1 is 0.909 bits per heavy atom. The topological polar surface area (TPSA) is 116 Å². The molecule has 0 atom stereocenters. The Morgan fingerprint density at radius 2 is 1.61 bits per heavy atom. The maximum Gasteiger partial charge on any atom is 0.335 e. The van der Waals surface area contributed by atoms with Crippen molar-refractivity contribution in [3.05, 3.63) is 95.7 Å². The van der Waals surface area contributed by atoms with Crippen LogP contribution in [0.15, 0.2) is 84.6 Å². The third-order valence-corrected chi connectivity index (χ3v) is 4.96. The van der Waals surface area contributed by atoms with Gasteiger partial charge in [0.05, 0.1) is 5.56 Å². The number of nitrogens with zero attached hydrogens (tertiary/aromatic N) is 1. The Hall–Kier alpha value is -4.72. The number of carbonyl (C=O) groups excluding carboxylic acids is 3. The van der Waals surface area contributed by atoms with E-state index in [9.17, 15) is 24.3 Å². The zero-order valence-corrected chi connectivity index (χ0v) is 17.3. The Kier molecular flexibility index (Phi) is 5.99. The van der Waals surface area contributed by atoms with Crippen molar-refractivity contribution in [2.24, 2.45) is 0 Å². The van der Waals surface area contributed by atoms with Crippen LogP contribution in [-0.2, 0) is 9.59 Å². The Morgan fingerprint density at radius 3 is 2.33 bits per heavy atom. The van der Waals surface area contributed by atoms with Gasteiger partial charge in [-0.1, -0.05) is 48.5 Å². The number of imide groups is 1. The number of hydrogen-bond acceptors (Lipinski definition) is 4. The molecule has 3 N–H and O–H groups in total. The lowest BCUT2D eigenvalue weighted by atomic mass is 10.0. The third kappa shape index (κ3) is 4.96. The molecule has 0 saturated carbocycles. The van der Waals surface area contributed by atoms with Gasteiger partial charge in [-0.05, 0) is 53.1 Å². The molecule has 4 rings (SSSR count). The highest BCUT2D eigenvalue weighted by Gasteiger charge is 2.34. The maximum atomic E-state index is 12.7. The standard InChI is InChI=1S/C25H19N3O5/c29-22(26-20-10-2-1-3-11-20)15-28-23(30)21(27-25(28)33)13-16-6-4-7-17(12-16)18-8-5-9-19(14-18)24(31)32/h1-14H,15H2,(H,26,29)(H,27,33)(H,31,32). The Balaban J connectivity index is 1.50. The molecule has 8 heteroatoms. The van der Waals surface area contributed by atoms with Crippen LogP contribution in [0, 0.1) is 0 Å². The first-order valence-electron chi connectivity index (χ1n) is 10.0. The number of amides is 4. The van der Waals surface area contributed by atoms with Gasteiger partial charge in [0.25, 0.3) is 5.91 Å². The largest absolute Gasteiger partial charge is 0.478 e. The van der Waals surface area contributed by atoms with E-state index in [4.69, 9.17) is 0 Å². The lowest BCUT2D eigenvalue weighted by Crippen LogP contribution is -2.38. The summed E-state index contributed by atoms with van der Waals surface area (Å²) in [7, 11) is 0. The van der Waals surface area contributed by atoms with E-state index in [1.165, 1.54) is 12.1 Å². The maximum absolute atomic E-state index is 12.7. The normalized spacial score (nSPS) is 14.3. The fourth-order valence-electron chi connectivity index (χ4n) is 3.39. The fourth-order valence-corrected chi connectivity index (χ4v) is 3.39. The van der Waals surface area contributed by atoms with Crippen molar-refractivity contribution in [1.29, 1.82) is 0 Å². The van der Waals surface area contributed by atoms with Crippen molar-refractivity contribution in [3.63, 3.8) is 0 Å². The van der Waals surface area contributed by atoms with Gasteiger partial charge in [0.15, 0.2) is 0 Å². The minimum Gasteiger partial charge on any atom is -0.478 e. The molecule has 0 aromatic heterocycles. The van der Waals surface area contributed by atoms with E-state index in [2.05, 4.69) is 10.6 Å². The number of carboxylic acid groups (broad SMARTS) is 1. The molecule has 1 fully saturated rings. The zero-order chi connectivity index (χ0) is 23.4. The number of carbonyl (C=O) groups is 4. The molecular formula is C25H19N3O5. The van der Waals surface area contributed by atoms with Gasteiger partial charge in [-0.3, -0.25) is 9.59 Å². The molecule has 1 aliphatic rings. The molecule has 164 valence electrons. The van der Waals surface area contributed by atoms with Gasteiger partial charge in [-0.25, -0.2) is 14.5 Å². The number of rotatable bonds is 6. The summed E-state index contributed by atoms with van der Waals surface area (Å²) in [5.74, 6) is -2.13. The fraction of sp³-hybridized carbons (Fsp3) is 0.0400. The van der Waals surface area contributed by atoms with Crippen LogP contribution in [0.1, 0.15) is 15.9 Å². The SMILES string of the molecule is O=C(CN1C(=O)NC(=Cc2cccc(-c3cccc(C(=O)O)c3)c2)C1=O)Nc1ccccc1. The Labute approximate surface area is 189 Å². The smallest absolute Gasteiger partial charge is 0.335 e.